The maximum Gasteiger partial charge on any atom is 0.294 e. The second-order valence-corrected chi connectivity index (χ2v) is 6.54. The van der Waals surface area contributed by atoms with Crippen molar-refractivity contribution in [2.75, 3.05) is 20.1 Å². The van der Waals surface area contributed by atoms with E-state index in [2.05, 4.69) is 10.4 Å². The van der Waals surface area contributed by atoms with Gasteiger partial charge in [-0.2, -0.15) is 5.10 Å². The number of nitro benzene ring substituents is 1. The number of carbonyl (C=O) groups is 1. The van der Waals surface area contributed by atoms with E-state index >= 15 is 0 Å². The standard InChI is InChI=1S/C18H21N5O4.ClH/c1-12-10-16(24)17(18(25)21-9-5-6-13(11-21)19-2)20-22(12)14-7-3-4-8-15(14)23(26)27;/h3-4,7-8,10,13,19H,5-6,9,11H2,1-2H3;1H. The van der Waals surface area contributed by atoms with Gasteiger partial charge in [0.15, 0.2) is 5.69 Å². The molecular formula is C18H22ClN5O4. The lowest BCUT2D eigenvalue weighted by atomic mass is 10.1. The van der Waals surface area contributed by atoms with Gasteiger partial charge in [0.25, 0.3) is 11.6 Å². The van der Waals surface area contributed by atoms with Crippen LogP contribution in [-0.4, -0.2) is 51.7 Å². The van der Waals surface area contributed by atoms with Gasteiger partial charge in [-0.15, -0.1) is 12.4 Å². The summed E-state index contributed by atoms with van der Waals surface area (Å²) in [7, 11) is 1.84. The summed E-state index contributed by atoms with van der Waals surface area (Å²) in [6, 6.07) is 7.55. The van der Waals surface area contributed by atoms with Crippen molar-refractivity contribution in [3.05, 3.63) is 62.1 Å². The summed E-state index contributed by atoms with van der Waals surface area (Å²) in [6.07, 6.45) is 1.80. The number of halogens is 1. The number of hydrogen-bond donors (Lipinski definition) is 1. The van der Waals surface area contributed by atoms with Crippen LogP contribution in [0.1, 0.15) is 29.0 Å². The number of rotatable bonds is 4. The van der Waals surface area contributed by atoms with Gasteiger partial charge < -0.3 is 10.2 Å². The molecule has 28 heavy (non-hydrogen) atoms. The average Bonchev–Trinajstić information content (AvgIpc) is 2.67. The molecule has 1 aliphatic rings. The third kappa shape index (κ3) is 4.20. The third-order valence-corrected chi connectivity index (χ3v) is 4.73. The molecule has 0 bridgehead atoms. The van der Waals surface area contributed by atoms with Crippen LogP contribution in [-0.2, 0) is 0 Å². The summed E-state index contributed by atoms with van der Waals surface area (Å²) in [5, 5.41) is 18.7. The first-order valence-corrected chi connectivity index (χ1v) is 8.73. The second kappa shape index (κ2) is 8.94. The summed E-state index contributed by atoms with van der Waals surface area (Å²) in [4.78, 5) is 37.7. The molecule has 1 atom stereocenters. The maximum atomic E-state index is 12.9. The Morgan fingerprint density at radius 1 is 1.36 bits per heavy atom. The lowest BCUT2D eigenvalue weighted by Gasteiger charge is -2.32. The van der Waals surface area contributed by atoms with Gasteiger partial charge in [0.1, 0.15) is 5.69 Å². The van der Waals surface area contributed by atoms with Crippen LogP contribution in [0.15, 0.2) is 35.1 Å². The normalized spacial score (nSPS) is 16.4. The number of benzene rings is 1. The van der Waals surface area contributed by atoms with Crippen LogP contribution in [0.3, 0.4) is 0 Å². The molecule has 1 aromatic carbocycles. The number of amides is 1. The molecule has 3 rings (SSSR count). The van der Waals surface area contributed by atoms with Crippen LogP contribution in [0.25, 0.3) is 5.69 Å². The Kier molecular flexibility index (Phi) is 6.87. The minimum Gasteiger partial charge on any atom is -0.336 e. The molecule has 1 aromatic heterocycles. The van der Waals surface area contributed by atoms with Crippen LogP contribution >= 0.6 is 12.4 Å². The number of para-hydroxylation sites is 2. The number of nitrogens with zero attached hydrogens (tertiary/aromatic N) is 4. The molecular weight excluding hydrogens is 386 g/mol. The van der Waals surface area contributed by atoms with Gasteiger partial charge >= 0.3 is 0 Å². The predicted molar refractivity (Wildman–Crippen MR) is 106 cm³/mol. The number of nitrogens with one attached hydrogen (secondary N) is 1. The van der Waals surface area contributed by atoms with Gasteiger partial charge in [-0.25, -0.2) is 4.68 Å². The van der Waals surface area contributed by atoms with Gasteiger partial charge in [-0.05, 0) is 32.9 Å². The molecule has 1 fully saturated rings. The molecule has 0 radical (unpaired) electrons. The second-order valence-electron chi connectivity index (χ2n) is 6.54. The van der Waals surface area contributed by atoms with E-state index in [-0.39, 0.29) is 35.5 Å². The lowest BCUT2D eigenvalue weighted by Crippen LogP contribution is -2.48. The topological polar surface area (TPSA) is 110 Å². The van der Waals surface area contributed by atoms with Crippen LogP contribution in [0, 0.1) is 17.0 Å². The highest BCUT2D eigenvalue weighted by Gasteiger charge is 2.27. The highest BCUT2D eigenvalue weighted by Crippen LogP contribution is 2.22. The molecule has 9 nitrogen and oxygen atoms in total. The third-order valence-electron chi connectivity index (χ3n) is 4.73. The first-order chi connectivity index (χ1) is 12.9. The molecule has 1 aliphatic heterocycles. The van der Waals surface area contributed by atoms with Crippen LogP contribution in [0.5, 0.6) is 0 Å². The molecule has 2 heterocycles. The van der Waals surface area contributed by atoms with E-state index < -0.39 is 16.3 Å². The fraction of sp³-hybridized carbons (Fsp3) is 0.389. The van der Waals surface area contributed by atoms with Crippen molar-refractivity contribution in [1.29, 1.82) is 0 Å². The number of carbonyl (C=O) groups excluding carboxylic acids is 1. The number of hydrogen-bond acceptors (Lipinski definition) is 6. The number of piperidine rings is 1. The summed E-state index contributed by atoms with van der Waals surface area (Å²) in [5.41, 5.74) is -0.240. The zero-order chi connectivity index (χ0) is 19.6. The van der Waals surface area contributed by atoms with E-state index in [1.54, 1.807) is 24.0 Å². The molecule has 150 valence electrons. The Morgan fingerprint density at radius 3 is 2.75 bits per heavy atom. The Labute approximate surface area is 167 Å². The predicted octanol–water partition coefficient (Wildman–Crippen LogP) is 1.69. The highest BCUT2D eigenvalue weighted by atomic mass is 35.5. The Morgan fingerprint density at radius 2 is 2.07 bits per heavy atom. The minimum atomic E-state index is -0.516. The minimum absolute atomic E-state index is 0. The van der Waals surface area contributed by atoms with Crippen molar-refractivity contribution in [2.24, 2.45) is 0 Å². The number of nitro groups is 1. The number of likely N-dealkylation sites (N-methyl/N-ethyl adjacent to an activating group) is 1. The SMILES string of the molecule is CNC1CCCN(C(=O)c2nn(-c3ccccc3[N+](=O)[O-])c(C)cc2=O)C1.Cl. The van der Waals surface area contributed by atoms with E-state index in [0.29, 0.717) is 18.8 Å². The average molecular weight is 408 g/mol. The Bertz CT molecular complexity index is 946. The first kappa shape index (κ1) is 21.5. The number of aromatic nitrogens is 2. The van der Waals surface area contributed by atoms with Gasteiger partial charge in [-0.1, -0.05) is 12.1 Å². The monoisotopic (exact) mass is 407 g/mol. The van der Waals surface area contributed by atoms with Crippen molar-refractivity contribution >= 4 is 24.0 Å². The van der Waals surface area contributed by atoms with Crippen molar-refractivity contribution in [2.45, 2.75) is 25.8 Å². The van der Waals surface area contributed by atoms with E-state index in [1.807, 2.05) is 7.05 Å². The fourth-order valence-corrected chi connectivity index (χ4v) is 3.28. The molecule has 1 N–H and O–H groups in total. The number of aryl methyl sites for hydroxylation is 1. The number of likely N-dealkylation sites (tertiary alicyclic amines) is 1. The quantitative estimate of drug-likeness (QED) is 0.610. The van der Waals surface area contributed by atoms with Crippen molar-refractivity contribution in [3.8, 4) is 5.69 Å². The molecule has 1 saturated heterocycles. The zero-order valence-electron chi connectivity index (χ0n) is 15.6. The highest BCUT2D eigenvalue weighted by molar-refractivity contribution is 5.92. The van der Waals surface area contributed by atoms with Gasteiger partial charge in [-0.3, -0.25) is 19.7 Å². The zero-order valence-corrected chi connectivity index (χ0v) is 16.4. The molecule has 2 aromatic rings. The van der Waals surface area contributed by atoms with Crippen LogP contribution in [0.2, 0.25) is 0 Å². The van der Waals surface area contributed by atoms with Crippen molar-refractivity contribution < 1.29 is 9.72 Å². The van der Waals surface area contributed by atoms with Gasteiger partial charge in [0.2, 0.25) is 5.43 Å². The molecule has 0 saturated carbocycles. The summed E-state index contributed by atoms with van der Waals surface area (Å²) >= 11 is 0. The Balaban J connectivity index is 0.00000280. The fourth-order valence-electron chi connectivity index (χ4n) is 3.28. The van der Waals surface area contributed by atoms with E-state index in [1.165, 1.54) is 22.9 Å². The van der Waals surface area contributed by atoms with E-state index in [4.69, 9.17) is 0 Å². The summed E-state index contributed by atoms with van der Waals surface area (Å²) < 4.78 is 1.28. The molecule has 0 aliphatic carbocycles. The first-order valence-electron chi connectivity index (χ1n) is 8.73. The summed E-state index contributed by atoms with van der Waals surface area (Å²) in [5.74, 6) is -0.452. The maximum absolute atomic E-state index is 12.9. The van der Waals surface area contributed by atoms with Crippen molar-refractivity contribution in [1.82, 2.24) is 20.0 Å². The molecule has 10 heteroatoms. The molecule has 0 spiro atoms. The van der Waals surface area contributed by atoms with Crippen molar-refractivity contribution in [3.63, 3.8) is 0 Å². The van der Waals surface area contributed by atoms with Crippen LogP contribution in [0.4, 0.5) is 5.69 Å². The molecule has 1 amide bonds. The molecule has 1 unspecified atom stereocenters. The lowest BCUT2D eigenvalue weighted by molar-refractivity contribution is -0.384. The van der Waals surface area contributed by atoms with Gasteiger partial charge in [0.05, 0.1) is 4.92 Å². The Hall–Kier alpha value is -2.78. The van der Waals surface area contributed by atoms with E-state index in [9.17, 15) is 19.7 Å². The van der Waals surface area contributed by atoms with Gasteiger partial charge in [0, 0.05) is 37.0 Å². The van der Waals surface area contributed by atoms with E-state index in [0.717, 1.165) is 12.8 Å². The van der Waals surface area contributed by atoms with Crippen LogP contribution < -0.4 is 10.7 Å². The smallest absolute Gasteiger partial charge is 0.294 e. The largest absolute Gasteiger partial charge is 0.336 e. The summed E-state index contributed by atoms with van der Waals surface area (Å²) in [6.45, 7) is 2.67.